The van der Waals surface area contributed by atoms with Gasteiger partial charge in [0.2, 0.25) is 0 Å². The molecule has 0 amide bonds. The van der Waals surface area contributed by atoms with Crippen LogP contribution in [-0.2, 0) is 0 Å². The van der Waals surface area contributed by atoms with Crippen molar-refractivity contribution in [3.05, 3.63) is 0 Å². The van der Waals surface area contributed by atoms with E-state index in [4.69, 9.17) is 0 Å². The van der Waals surface area contributed by atoms with Crippen molar-refractivity contribution in [1.82, 2.24) is 9.80 Å². The Hall–Kier alpha value is -0.120. The second-order valence-corrected chi connectivity index (χ2v) is 4.47. The highest BCUT2D eigenvalue weighted by Crippen LogP contribution is 2.15. The first-order valence-electron chi connectivity index (χ1n) is 5.49. The van der Waals surface area contributed by atoms with Crippen LogP contribution in [0.4, 0.5) is 0 Å². The zero-order valence-electron chi connectivity index (χ0n) is 10.4. The lowest BCUT2D eigenvalue weighted by molar-refractivity contribution is 0.00213. The molecule has 0 unspecified atom stereocenters. The average molecular weight is 202 g/mol. The van der Waals surface area contributed by atoms with Gasteiger partial charge in [-0.25, -0.2) is 0 Å². The fraction of sp³-hybridized carbons (Fsp3) is 1.00. The number of nitrogens with zero attached hydrogens (tertiary/aromatic N) is 2. The highest BCUT2D eigenvalue weighted by atomic mass is 16.3. The van der Waals surface area contributed by atoms with Crippen molar-refractivity contribution in [2.75, 3.05) is 40.8 Å². The number of likely N-dealkylation sites (N-methyl/N-ethyl adjacent to an activating group) is 2. The van der Waals surface area contributed by atoms with Crippen molar-refractivity contribution in [3.8, 4) is 0 Å². The molecule has 0 aromatic rings. The molecule has 0 saturated carbocycles. The quantitative estimate of drug-likeness (QED) is 0.668. The molecule has 0 bridgehead atoms. The maximum Gasteiger partial charge on any atom is 0.0768 e. The maximum absolute atomic E-state index is 10.1. The first-order chi connectivity index (χ1) is 6.43. The molecule has 0 rings (SSSR count). The average Bonchev–Trinajstić information content (AvgIpc) is 2.14. The smallest absolute Gasteiger partial charge is 0.0768 e. The molecule has 0 saturated heterocycles. The molecule has 1 N–H and O–H groups in total. The van der Waals surface area contributed by atoms with E-state index in [0.717, 1.165) is 32.5 Å². The van der Waals surface area contributed by atoms with Crippen LogP contribution in [0.2, 0.25) is 0 Å². The number of aliphatic hydroxyl groups is 1. The topological polar surface area (TPSA) is 26.7 Å². The minimum Gasteiger partial charge on any atom is -0.389 e. The third kappa shape index (κ3) is 5.58. The molecule has 3 heteroatoms. The van der Waals surface area contributed by atoms with E-state index in [1.807, 2.05) is 13.8 Å². The van der Waals surface area contributed by atoms with Gasteiger partial charge >= 0.3 is 0 Å². The van der Waals surface area contributed by atoms with Crippen molar-refractivity contribution in [1.29, 1.82) is 0 Å². The molecule has 14 heavy (non-hydrogen) atoms. The van der Waals surface area contributed by atoms with E-state index in [0.29, 0.717) is 0 Å². The number of hydrogen-bond acceptors (Lipinski definition) is 3. The Kier molecular flexibility index (Phi) is 6.33. The normalized spacial score (nSPS) is 12.9. The summed E-state index contributed by atoms with van der Waals surface area (Å²) in [5.74, 6) is 0. The minimum absolute atomic E-state index is 0.499. The van der Waals surface area contributed by atoms with Crippen molar-refractivity contribution >= 4 is 0 Å². The third-order valence-corrected chi connectivity index (χ3v) is 2.81. The van der Waals surface area contributed by atoms with Gasteiger partial charge < -0.3 is 14.9 Å². The Bertz CT molecular complexity index is 144. The van der Waals surface area contributed by atoms with Crippen LogP contribution < -0.4 is 0 Å². The van der Waals surface area contributed by atoms with E-state index in [2.05, 4.69) is 30.9 Å². The first-order valence-corrected chi connectivity index (χ1v) is 5.49. The first kappa shape index (κ1) is 13.9. The third-order valence-electron chi connectivity index (χ3n) is 2.81. The van der Waals surface area contributed by atoms with Gasteiger partial charge in [0, 0.05) is 19.6 Å². The molecule has 0 aliphatic carbocycles. The van der Waals surface area contributed by atoms with Gasteiger partial charge in [0.25, 0.3) is 0 Å². The van der Waals surface area contributed by atoms with Crippen LogP contribution in [0.15, 0.2) is 0 Å². The Labute approximate surface area is 88.7 Å². The van der Waals surface area contributed by atoms with Crippen LogP contribution in [-0.4, -0.2) is 61.3 Å². The largest absolute Gasteiger partial charge is 0.389 e. The van der Waals surface area contributed by atoms with Gasteiger partial charge in [-0.2, -0.15) is 0 Å². The predicted octanol–water partition coefficient (Wildman–Crippen LogP) is 1.03. The highest BCUT2D eigenvalue weighted by Gasteiger charge is 2.23. The number of hydrogen-bond donors (Lipinski definition) is 1. The lowest BCUT2D eigenvalue weighted by atomic mass is 9.97. The van der Waals surface area contributed by atoms with Crippen LogP contribution in [0.25, 0.3) is 0 Å². The summed E-state index contributed by atoms with van der Waals surface area (Å²) < 4.78 is 0. The van der Waals surface area contributed by atoms with Crippen LogP contribution in [0.1, 0.15) is 26.7 Å². The Morgan fingerprint density at radius 3 is 1.86 bits per heavy atom. The molecule has 0 fully saturated rings. The van der Waals surface area contributed by atoms with Gasteiger partial charge in [0.05, 0.1) is 5.60 Å². The van der Waals surface area contributed by atoms with Gasteiger partial charge in [0.1, 0.15) is 0 Å². The standard InChI is InChI=1S/C11H26N2O/c1-6-11(14,7-2)10-13(5)9-8-12(3)4/h14H,6-10H2,1-5H3. The fourth-order valence-electron chi connectivity index (χ4n) is 1.43. The molecule has 0 aliphatic heterocycles. The van der Waals surface area contributed by atoms with E-state index < -0.39 is 5.60 Å². The predicted molar refractivity (Wildman–Crippen MR) is 61.6 cm³/mol. The summed E-state index contributed by atoms with van der Waals surface area (Å²) in [5.41, 5.74) is -0.499. The van der Waals surface area contributed by atoms with Crippen LogP contribution in [0.3, 0.4) is 0 Å². The summed E-state index contributed by atoms with van der Waals surface area (Å²) in [4.78, 5) is 4.36. The monoisotopic (exact) mass is 202 g/mol. The second-order valence-electron chi connectivity index (χ2n) is 4.47. The molecule has 3 nitrogen and oxygen atoms in total. The van der Waals surface area contributed by atoms with Crippen molar-refractivity contribution in [2.24, 2.45) is 0 Å². The molecule has 0 aliphatic rings. The van der Waals surface area contributed by atoms with E-state index in [9.17, 15) is 5.11 Å². The fourth-order valence-corrected chi connectivity index (χ4v) is 1.43. The van der Waals surface area contributed by atoms with Crippen molar-refractivity contribution in [3.63, 3.8) is 0 Å². The Balaban J connectivity index is 3.85. The summed E-state index contributed by atoms with van der Waals surface area (Å²) in [7, 11) is 6.21. The van der Waals surface area contributed by atoms with Crippen molar-refractivity contribution < 1.29 is 5.11 Å². The van der Waals surface area contributed by atoms with E-state index in [1.165, 1.54) is 0 Å². The van der Waals surface area contributed by atoms with Gasteiger partial charge in [-0.15, -0.1) is 0 Å². The SMILES string of the molecule is CCC(O)(CC)CN(C)CCN(C)C. The zero-order chi connectivity index (χ0) is 11.2. The molecule has 0 heterocycles. The summed E-state index contributed by atoms with van der Waals surface area (Å²) in [6.45, 7) is 6.91. The molecule has 0 radical (unpaired) electrons. The van der Waals surface area contributed by atoms with E-state index >= 15 is 0 Å². The molecule has 86 valence electrons. The Morgan fingerprint density at radius 1 is 1.00 bits per heavy atom. The van der Waals surface area contributed by atoms with Gasteiger partial charge in [-0.3, -0.25) is 0 Å². The number of rotatable bonds is 7. The van der Waals surface area contributed by atoms with Crippen molar-refractivity contribution in [2.45, 2.75) is 32.3 Å². The lowest BCUT2D eigenvalue weighted by Gasteiger charge is -2.31. The highest BCUT2D eigenvalue weighted by molar-refractivity contribution is 4.78. The molecular formula is C11H26N2O. The summed E-state index contributed by atoms with van der Waals surface area (Å²) >= 11 is 0. The zero-order valence-corrected chi connectivity index (χ0v) is 10.4. The van der Waals surface area contributed by atoms with E-state index in [1.54, 1.807) is 0 Å². The molecular weight excluding hydrogens is 176 g/mol. The summed E-state index contributed by atoms with van der Waals surface area (Å²) in [6, 6.07) is 0. The van der Waals surface area contributed by atoms with Crippen LogP contribution in [0, 0.1) is 0 Å². The molecule has 0 aromatic carbocycles. The van der Waals surface area contributed by atoms with E-state index in [-0.39, 0.29) is 0 Å². The Morgan fingerprint density at radius 2 is 1.50 bits per heavy atom. The lowest BCUT2D eigenvalue weighted by Crippen LogP contribution is -2.42. The van der Waals surface area contributed by atoms with Gasteiger partial charge in [-0.05, 0) is 34.0 Å². The minimum atomic E-state index is -0.499. The summed E-state index contributed by atoms with van der Waals surface area (Å²) in [5, 5.41) is 10.1. The van der Waals surface area contributed by atoms with Gasteiger partial charge in [0.15, 0.2) is 0 Å². The molecule has 0 aromatic heterocycles. The molecule has 0 atom stereocenters. The molecule has 0 spiro atoms. The van der Waals surface area contributed by atoms with Crippen LogP contribution in [0.5, 0.6) is 0 Å². The maximum atomic E-state index is 10.1. The summed E-state index contributed by atoms with van der Waals surface area (Å²) in [6.07, 6.45) is 1.66. The van der Waals surface area contributed by atoms with Gasteiger partial charge in [-0.1, -0.05) is 13.8 Å². The second kappa shape index (κ2) is 6.38. The van der Waals surface area contributed by atoms with Crippen LogP contribution >= 0.6 is 0 Å².